The van der Waals surface area contributed by atoms with Crippen LogP contribution in [0.25, 0.3) is 0 Å². The number of benzene rings is 2. The predicted molar refractivity (Wildman–Crippen MR) is 131 cm³/mol. The standard InChI is InChI=1S/C27H35N3O3/c1-29(22-10-4-3-5-11-22)27(32)24-13-6-7-14-25(24)30-17-15-21(16-18-30)28-26(31)20-9-8-12-23(19-20)33-2/h6-9,12-14,19,21-22H,3-5,10-11,15-18H2,1-2H3,(H,28,31). The van der Waals surface area contributed by atoms with Gasteiger partial charge in [0.1, 0.15) is 5.75 Å². The van der Waals surface area contributed by atoms with Crippen LogP contribution >= 0.6 is 0 Å². The van der Waals surface area contributed by atoms with Crippen molar-refractivity contribution in [3.05, 3.63) is 59.7 Å². The molecule has 2 amide bonds. The molecule has 33 heavy (non-hydrogen) atoms. The second-order valence-electron chi connectivity index (χ2n) is 9.19. The lowest BCUT2D eigenvalue weighted by Crippen LogP contribution is -2.45. The monoisotopic (exact) mass is 449 g/mol. The van der Waals surface area contributed by atoms with Gasteiger partial charge in [-0.05, 0) is 56.0 Å². The first-order valence-electron chi connectivity index (χ1n) is 12.1. The lowest BCUT2D eigenvalue weighted by atomic mass is 9.94. The summed E-state index contributed by atoms with van der Waals surface area (Å²) >= 11 is 0. The molecule has 0 unspecified atom stereocenters. The Balaban J connectivity index is 1.38. The molecule has 0 spiro atoms. The summed E-state index contributed by atoms with van der Waals surface area (Å²) in [6.45, 7) is 1.61. The molecular formula is C27H35N3O3. The molecule has 2 aliphatic rings. The van der Waals surface area contributed by atoms with Gasteiger partial charge in [0.05, 0.1) is 12.7 Å². The van der Waals surface area contributed by atoms with E-state index in [0.717, 1.165) is 50.0 Å². The number of carbonyl (C=O) groups excluding carboxylic acids is 2. The van der Waals surface area contributed by atoms with E-state index < -0.39 is 0 Å². The molecule has 1 aliphatic heterocycles. The smallest absolute Gasteiger partial charge is 0.255 e. The van der Waals surface area contributed by atoms with Crippen LogP contribution in [-0.4, -0.2) is 56.0 Å². The summed E-state index contributed by atoms with van der Waals surface area (Å²) in [4.78, 5) is 30.3. The number of rotatable bonds is 6. The number of hydrogen-bond donors (Lipinski definition) is 1. The molecule has 4 rings (SSSR count). The summed E-state index contributed by atoms with van der Waals surface area (Å²) in [6, 6.07) is 15.6. The number of nitrogens with one attached hydrogen (secondary N) is 1. The van der Waals surface area contributed by atoms with Crippen molar-refractivity contribution in [2.24, 2.45) is 0 Å². The molecule has 6 heteroatoms. The fourth-order valence-corrected chi connectivity index (χ4v) is 5.05. The van der Waals surface area contributed by atoms with Crippen molar-refractivity contribution in [1.82, 2.24) is 10.2 Å². The third-order valence-electron chi connectivity index (χ3n) is 7.08. The minimum Gasteiger partial charge on any atom is -0.497 e. The zero-order valence-corrected chi connectivity index (χ0v) is 19.8. The second-order valence-corrected chi connectivity index (χ2v) is 9.19. The van der Waals surface area contributed by atoms with E-state index in [9.17, 15) is 9.59 Å². The summed E-state index contributed by atoms with van der Waals surface area (Å²) in [7, 11) is 3.55. The number of nitrogens with zero attached hydrogens (tertiary/aromatic N) is 2. The fraction of sp³-hybridized carbons (Fsp3) is 0.481. The number of carbonyl (C=O) groups is 2. The predicted octanol–water partition coefficient (Wildman–Crippen LogP) is 4.50. The van der Waals surface area contributed by atoms with Gasteiger partial charge in [-0.1, -0.05) is 37.5 Å². The lowest BCUT2D eigenvalue weighted by Gasteiger charge is -2.36. The van der Waals surface area contributed by atoms with Crippen LogP contribution in [0, 0.1) is 0 Å². The number of hydrogen-bond acceptors (Lipinski definition) is 4. The Morgan fingerprint density at radius 1 is 0.970 bits per heavy atom. The molecule has 2 fully saturated rings. The van der Waals surface area contributed by atoms with Crippen LogP contribution in [0.1, 0.15) is 65.7 Å². The maximum absolute atomic E-state index is 13.4. The van der Waals surface area contributed by atoms with E-state index in [-0.39, 0.29) is 17.9 Å². The molecule has 176 valence electrons. The quantitative estimate of drug-likeness (QED) is 0.705. The number of methoxy groups -OCH3 is 1. The highest BCUT2D eigenvalue weighted by Gasteiger charge is 2.28. The summed E-state index contributed by atoms with van der Waals surface area (Å²) in [5, 5.41) is 3.16. The molecule has 0 bridgehead atoms. The van der Waals surface area contributed by atoms with Crippen LogP contribution in [-0.2, 0) is 0 Å². The number of piperidine rings is 1. The molecule has 1 saturated carbocycles. The van der Waals surface area contributed by atoms with Crippen LogP contribution < -0.4 is 15.0 Å². The Kier molecular flexibility index (Phi) is 7.53. The molecule has 1 heterocycles. The Morgan fingerprint density at radius 3 is 2.42 bits per heavy atom. The number of amides is 2. The summed E-state index contributed by atoms with van der Waals surface area (Å²) in [5.74, 6) is 0.722. The number of para-hydroxylation sites is 1. The highest BCUT2D eigenvalue weighted by molar-refractivity contribution is 6.00. The Bertz CT molecular complexity index is 963. The van der Waals surface area contributed by atoms with Gasteiger partial charge in [0.25, 0.3) is 11.8 Å². The Morgan fingerprint density at radius 2 is 1.70 bits per heavy atom. The molecule has 1 saturated heterocycles. The third kappa shape index (κ3) is 5.49. The summed E-state index contributed by atoms with van der Waals surface area (Å²) < 4.78 is 5.23. The molecule has 0 aromatic heterocycles. The van der Waals surface area contributed by atoms with E-state index >= 15 is 0 Å². The van der Waals surface area contributed by atoms with Crippen LogP contribution in [0.3, 0.4) is 0 Å². The highest BCUT2D eigenvalue weighted by atomic mass is 16.5. The molecule has 0 radical (unpaired) electrons. The largest absolute Gasteiger partial charge is 0.497 e. The maximum atomic E-state index is 13.4. The number of ether oxygens (including phenoxy) is 1. The van der Waals surface area contributed by atoms with E-state index in [1.807, 2.05) is 42.3 Å². The van der Waals surface area contributed by atoms with Gasteiger partial charge in [0, 0.05) is 43.5 Å². The van der Waals surface area contributed by atoms with Gasteiger partial charge in [-0.15, -0.1) is 0 Å². The van der Waals surface area contributed by atoms with Crippen molar-refractivity contribution in [3.8, 4) is 5.75 Å². The zero-order valence-electron chi connectivity index (χ0n) is 19.8. The first-order chi connectivity index (χ1) is 16.1. The average Bonchev–Trinajstić information content (AvgIpc) is 2.89. The second kappa shape index (κ2) is 10.7. The molecule has 1 aliphatic carbocycles. The van der Waals surface area contributed by atoms with Crippen LogP contribution in [0.15, 0.2) is 48.5 Å². The van der Waals surface area contributed by atoms with Crippen molar-refractivity contribution in [1.29, 1.82) is 0 Å². The molecule has 0 atom stereocenters. The van der Waals surface area contributed by atoms with Crippen molar-refractivity contribution in [2.45, 2.75) is 57.0 Å². The van der Waals surface area contributed by atoms with Crippen LogP contribution in [0.2, 0.25) is 0 Å². The van der Waals surface area contributed by atoms with Crippen LogP contribution in [0.5, 0.6) is 5.75 Å². The normalized spacial score (nSPS) is 17.5. The van der Waals surface area contributed by atoms with Gasteiger partial charge in [-0.25, -0.2) is 0 Å². The van der Waals surface area contributed by atoms with Gasteiger partial charge >= 0.3 is 0 Å². The van der Waals surface area contributed by atoms with Crippen LogP contribution in [0.4, 0.5) is 5.69 Å². The van der Waals surface area contributed by atoms with Gasteiger partial charge in [0.15, 0.2) is 0 Å². The topological polar surface area (TPSA) is 61.9 Å². The zero-order chi connectivity index (χ0) is 23.2. The van der Waals surface area contributed by atoms with E-state index in [0.29, 0.717) is 17.4 Å². The Hall–Kier alpha value is -3.02. The SMILES string of the molecule is COc1cccc(C(=O)NC2CCN(c3ccccc3C(=O)N(C)C3CCCCC3)CC2)c1. The van der Waals surface area contributed by atoms with E-state index in [4.69, 9.17) is 4.74 Å². The molecule has 6 nitrogen and oxygen atoms in total. The lowest BCUT2D eigenvalue weighted by molar-refractivity contribution is 0.0696. The number of anilines is 1. The molecule has 1 N–H and O–H groups in total. The van der Waals surface area contributed by atoms with E-state index in [2.05, 4.69) is 16.3 Å². The fourth-order valence-electron chi connectivity index (χ4n) is 5.05. The van der Waals surface area contributed by atoms with Gasteiger partial charge in [-0.2, -0.15) is 0 Å². The average molecular weight is 450 g/mol. The molecule has 2 aromatic rings. The maximum Gasteiger partial charge on any atom is 0.255 e. The van der Waals surface area contributed by atoms with Crippen molar-refractivity contribution < 1.29 is 14.3 Å². The minimum atomic E-state index is -0.0722. The van der Waals surface area contributed by atoms with Crippen molar-refractivity contribution in [2.75, 3.05) is 32.1 Å². The first-order valence-corrected chi connectivity index (χ1v) is 12.1. The highest BCUT2D eigenvalue weighted by Crippen LogP contribution is 2.28. The third-order valence-corrected chi connectivity index (χ3v) is 7.08. The first kappa shape index (κ1) is 23.1. The summed E-state index contributed by atoms with van der Waals surface area (Å²) in [6.07, 6.45) is 7.58. The minimum absolute atomic E-state index is 0.0722. The van der Waals surface area contributed by atoms with Gasteiger partial charge in [0.2, 0.25) is 0 Å². The summed E-state index contributed by atoms with van der Waals surface area (Å²) in [5.41, 5.74) is 2.39. The van der Waals surface area contributed by atoms with Gasteiger partial charge in [-0.3, -0.25) is 9.59 Å². The van der Waals surface area contributed by atoms with Crippen molar-refractivity contribution >= 4 is 17.5 Å². The molecule has 2 aromatic carbocycles. The molecular weight excluding hydrogens is 414 g/mol. The van der Waals surface area contributed by atoms with Crippen molar-refractivity contribution in [3.63, 3.8) is 0 Å². The van der Waals surface area contributed by atoms with E-state index in [1.54, 1.807) is 19.2 Å². The Labute approximate surface area is 196 Å². The van der Waals surface area contributed by atoms with E-state index in [1.165, 1.54) is 19.3 Å². The van der Waals surface area contributed by atoms with Gasteiger partial charge < -0.3 is 19.9 Å².